The molecule has 0 spiro atoms. The second kappa shape index (κ2) is 6.21. The average molecular weight is 270 g/mol. The summed E-state index contributed by atoms with van der Waals surface area (Å²) in [5.41, 5.74) is 4.92. The van der Waals surface area contributed by atoms with E-state index in [2.05, 4.69) is 31.0 Å². The number of H-pyrrole nitrogens is 2. The molecule has 0 aliphatic heterocycles. The molecular formula is C5H10N3O3PSe. The van der Waals surface area contributed by atoms with Gasteiger partial charge >= 0.3 is 58.9 Å². The van der Waals surface area contributed by atoms with E-state index in [-0.39, 0.29) is 5.56 Å². The van der Waals surface area contributed by atoms with Gasteiger partial charge in [-0.15, -0.1) is 0 Å². The summed E-state index contributed by atoms with van der Waals surface area (Å²) in [5.74, 6) is 0. The van der Waals surface area contributed by atoms with E-state index in [4.69, 9.17) is 9.79 Å². The van der Waals surface area contributed by atoms with Gasteiger partial charge in [-0.25, -0.2) is 0 Å². The van der Waals surface area contributed by atoms with E-state index >= 15 is 0 Å². The first-order valence-electron chi connectivity index (χ1n) is 3.14. The van der Waals surface area contributed by atoms with Gasteiger partial charge in [-0.3, -0.25) is 5.50 Å². The minimum absolute atomic E-state index is 0.0532. The van der Waals surface area contributed by atoms with Gasteiger partial charge in [0, 0.05) is 0 Å². The molecule has 0 aliphatic rings. The number of nitrogens with two attached hydrogens (primary N) is 1. The van der Waals surface area contributed by atoms with Crippen LogP contribution < -0.4 is 11.1 Å². The molecule has 0 bridgehead atoms. The molecule has 1 aromatic heterocycles. The van der Waals surface area contributed by atoms with Crippen LogP contribution in [0.5, 0.6) is 0 Å². The third-order valence-corrected chi connectivity index (χ3v) is 1.47. The van der Waals surface area contributed by atoms with Crippen LogP contribution in [0, 0.1) is 11.2 Å². The molecule has 0 aliphatic carbocycles. The molecule has 6 N–H and O–H groups in total. The fraction of sp³-hybridized carbons (Fsp3) is 0.200. The Kier molecular flexibility index (Phi) is 6.07. The van der Waals surface area contributed by atoms with Gasteiger partial charge in [0.15, 0.2) is 0 Å². The van der Waals surface area contributed by atoms with Gasteiger partial charge in [0.2, 0.25) is 8.53 Å². The van der Waals surface area contributed by atoms with Gasteiger partial charge in [-0.2, -0.15) is 0 Å². The zero-order valence-corrected chi connectivity index (χ0v) is 9.42. The van der Waals surface area contributed by atoms with Crippen molar-refractivity contribution in [2.24, 2.45) is 5.50 Å². The Balaban J connectivity index is 0.000000310. The molecule has 1 aromatic rings. The molecule has 74 valence electrons. The SMILES string of the molecule is Cc1c[nH]c(=[Se])[nH]c1=O.NP(O)O. The van der Waals surface area contributed by atoms with Crippen molar-refractivity contribution in [1.29, 1.82) is 0 Å². The summed E-state index contributed by atoms with van der Waals surface area (Å²) in [7, 11) is -2.12. The molecule has 0 atom stereocenters. The number of hydrogen-bond donors (Lipinski definition) is 5. The average Bonchev–Trinajstić information content (AvgIpc) is 1.96. The number of nitrogens with one attached hydrogen (secondary N) is 2. The summed E-state index contributed by atoms with van der Waals surface area (Å²) in [6.07, 6.45) is 1.66. The molecule has 0 saturated carbocycles. The van der Waals surface area contributed by atoms with Crippen LogP contribution in [0.1, 0.15) is 5.56 Å². The Bertz CT molecular complexity index is 358. The molecule has 0 amide bonds. The van der Waals surface area contributed by atoms with E-state index in [1.165, 1.54) is 0 Å². The molecule has 0 fully saturated rings. The van der Waals surface area contributed by atoms with Gasteiger partial charge in [0.1, 0.15) is 0 Å². The van der Waals surface area contributed by atoms with Crippen molar-refractivity contribution in [2.75, 3.05) is 0 Å². The summed E-state index contributed by atoms with van der Waals surface area (Å²) < 4.78 is 0.658. The maximum atomic E-state index is 10.7. The summed E-state index contributed by atoms with van der Waals surface area (Å²) >= 11 is 2.66. The Morgan fingerprint density at radius 3 is 2.38 bits per heavy atom. The van der Waals surface area contributed by atoms with E-state index in [0.717, 1.165) is 0 Å². The predicted molar refractivity (Wildman–Crippen MR) is 50.7 cm³/mol. The monoisotopic (exact) mass is 271 g/mol. The van der Waals surface area contributed by atoms with E-state index < -0.39 is 8.53 Å². The molecule has 8 heteroatoms. The third-order valence-electron chi connectivity index (χ3n) is 1.00. The van der Waals surface area contributed by atoms with E-state index in [1.54, 1.807) is 13.1 Å². The van der Waals surface area contributed by atoms with Gasteiger partial charge in [-0.1, -0.05) is 0 Å². The Morgan fingerprint density at radius 1 is 1.62 bits per heavy atom. The summed E-state index contributed by atoms with van der Waals surface area (Å²) in [6.45, 7) is 1.74. The van der Waals surface area contributed by atoms with Gasteiger partial charge in [0.05, 0.1) is 0 Å². The molecule has 1 rings (SSSR count). The van der Waals surface area contributed by atoms with E-state index in [1.807, 2.05) is 0 Å². The molecule has 0 unspecified atom stereocenters. The Labute approximate surface area is 83.2 Å². The van der Waals surface area contributed by atoms with Crippen LogP contribution in [0.3, 0.4) is 0 Å². The van der Waals surface area contributed by atoms with Crippen molar-refractivity contribution in [3.8, 4) is 0 Å². The van der Waals surface area contributed by atoms with Gasteiger partial charge in [0.25, 0.3) is 0 Å². The minimum Gasteiger partial charge on any atom is -0.338 e. The van der Waals surface area contributed by atoms with Gasteiger partial charge in [-0.05, 0) is 0 Å². The Morgan fingerprint density at radius 2 is 2.08 bits per heavy atom. The fourth-order valence-electron chi connectivity index (χ4n) is 0.477. The zero-order valence-electron chi connectivity index (χ0n) is 6.81. The number of rotatable bonds is 0. The second-order valence-corrected chi connectivity index (χ2v) is 3.57. The first-order chi connectivity index (χ1) is 5.93. The van der Waals surface area contributed by atoms with Crippen molar-refractivity contribution in [3.63, 3.8) is 0 Å². The number of aryl methyl sites for hydroxylation is 1. The molecule has 6 nitrogen and oxygen atoms in total. The molecule has 0 saturated heterocycles. The van der Waals surface area contributed by atoms with Crippen LogP contribution in [-0.2, 0) is 0 Å². The van der Waals surface area contributed by atoms with Crippen LogP contribution in [0.4, 0.5) is 0 Å². The standard InChI is InChI=1S/C5H6N2OSe.H4NO2P/c1-3-2-6-5(9)7-4(3)8;1-4(2)3/h2H,1H3,(H2,6,7,8,9);2-3H,1H2. The summed E-state index contributed by atoms with van der Waals surface area (Å²) in [4.78, 5) is 31.1. The van der Waals surface area contributed by atoms with Crippen LogP contribution in [-0.4, -0.2) is 35.3 Å². The minimum atomic E-state index is -2.12. The first kappa shape index (κ1) is 12.7. The van der Waals surface area contributed by atoms with Crippen molar-refractivity contribution in [2.45, 2.75) is 6.92 Å². The topological polar surface area (TPSA) is 115 Å². The first-order valence-corrected chi connectivity index (χ1v) is 5.32. The van der Waals surface area contributed by atoms with E-state index in [0.29, 0.717) is 9.89 Å². The normalized spacial score (nSPS) is 9.31. The number of hydrogen-bond acceptors (Lipinski definition) is 4. The van der Waals surface area contributed by atoms with Crippen LogP contribution in [0.25, 0.3) is 0 Å². The van der Waals surface area contributed by atoms with Crippen LogP contribution in [0.15, 0.2) is 11.0 Å². The fourth-order valence-corrected chi connectivity index (χ4v) is 0.795. The van der Waals surface area contributed by atoms with Crippen molar-refractivity contribution < 1.29 is 9.79 Å². The molecule has 0 aromatic carbocycles. The molecule has 1 heterocycles. The maximum absolute atomic E-state index is 10.7. The number of aromatic amines is 2. The second-order valence-electron chi connectivity index (χ2n) is 2.08. The van der Waals surface area contributed by atoms with E-state index in [9.17, 15) is 4.79 Å². The zero-order chi connectivity index (χ0) is 10.4. The van der Waals surface area contributed by atoms with Crippen molar-refractivity contribution >= 4 is 24.1 Å². The summed E-state index contributed by atoms with van der Waals surface area (Å²) in [6, 6.07) is 0. The predicted octanol–water partition coefficient (Wildman–Crippen LogP) is -1.13. The smallest absolute Gasteiger partial charge is 0.247 e. The quantitative estimate of drug-likeness (QED) is 0.303. The molecule has 13 heavy (non-hydrogen) atoms. The largest absolute Gasteiger partial charge is 0.338 e. The molecule has 0 radical (unpaired) electrons. The van der Waals surface area contributed by atoms with Crippen molar-refractivity contribution in [3.05, 3.63) is 26.4 Å². The van der Waals surface area contributed by atoms with Crippen LogP contribution in [0.2, 0.25) is 0 Å². The van der Waals surface area contributed by atoms with Crippen LogP contribution >= 0.6 is 8.53 Å². The maximum Gasteiger partial charge on any atom is 0.247 e. The molecular weight excluding hydrogens is 260 g/mol. The third kappa shape index (κ3) is 6.83. The van der Waals surface area contributed by atoms with Gasteiger partial charge < -0.3 is 9.79 Å². The Hall–Kier alpha value is -0.291. The number of aromatic nitrogens is 2. The summed E-state index contributed by atoms with van der Waals surface area (Å²) in [5, 5.41) is 0. The van der Waals surface area contributed by atoms with Crippen molar-refractivity contribution in [1.82, 2.24) is 9.97 Å².